The van der Waals surface area contributed by atoms with E-state index in [-0.39, 0.29) is 11.8 Å². The molecule has 0 unspecified atom stereocenters. The Morgan fingerprint density at radius 2 is 0.449 bits per heavy atom. The SMILES string of the molecule is CCCCCCCCCCCCCCN(CCCCCCCCCCCCCC)CCNC(=O)CCN1CCN(CCC(=O)NCCN(CCCCCCCCCCCCCC)CCCCCCCCCCCCCC)CC1. The van der Waals surface area contributed by atoms with Crippen molar-refractivity contribution in [3.05, 3.63) is 0 Å². The number of carbonyl (C=O) groups is 2. The van der Waals surface area contributed by atoms with Gasteiger partial charge >= 0.3 is 0 Å². The van der Waals surface area contributed by atoms with Crippen molar-refractivity contribution in [3.8, 4) is 0 Å². The minimum absolute atomic E-state index is 0.200. The summed E-state index contributed by atoms with van der Waals surface area (Å²) >= 11 is 0. The normalized spacial score (nSPS) is 13.4. The lowest BCUT2D eigenvalue weighted by Gasteiger charge is -2.34. The summed E-state index contributed by atoms with van der Waals surface area (Å²) in [5.74, 6) is 0.401. The van der Waals surface area contributed by atoms with Gasteiger partial charge in [-0.3, -0.25) is 9.59 Å². The average molecular weight is 1100 g/mol. The molecule has 0 spiro atoms. The number of hydrogen-bond acceptors (Lipinski definition) is 6. The van der Waals surface area contributed by atoms with E-state index in [0.29, 0.717) is 12.8 Å². The summed E-state index contributed by atoms with van der Waals surface area (Å²) in [6.45, 7) is 23.0. The Bertz CT molecular complexity index is 1050. The van der Waals surface area contributed by atoms with E-state index in [1.54, 1.807) is 0 Å². The van der Waals surface area contributed by atoms with Gasteiger partial charge in [0.1, 0.15) is 0 Å². The van der Waals surface area contributed by atoms with Crippen molar-refractivity contribution in [2.45, 2.75) is 349 Å². The largest absolute Gasteiger partial charge is 0.355 e. The Balaban J connectivity index is 2.35. The lowest BCUT2D eigenvalue weighted by atomic mass is 10.0. The molecule has 1 saturated heterocycles. The zero-order valence-electron chi connectivity index (χ0n) is 53.9. The van der Waals surface area contributed by atoms with Crippen molar-refractivity contribution in [1.29, 1.82) is 0 Å². The average Bonchev–Trinajstić information content (AvgIpc) is 3.45. The number of carbonyl (C=O) groups excluding carboxylic acids is 2. The third kappa shape index (κ3) is 54.1. The van der Waals surface area contributed by atoms with E-state index < -0.39 is 0 Å². The van der Waals surface area contributed by atoms with E-state index in [0.717, 1.165) is 65.4 Å². The van der Waals surface area contributed by atoms with Gasteiger partial charge in [-0.1, -0.05) is 310 Å². The van der Waals surface area contributed by atoms with Crippen molar-refractivity contribution >= 4 is 11.8 Å². The van der Waals surface area contributed by atoms with E-state index in [2.05, 4.69) is 57.9 Å². The maximum atomic E-state index is 13.1. The molecule has 0 saturated carbocycles. The van der Waals surface area contributed by atoms with Gasteiger partial charge in [-0.15, -0.1) is 0 Å². The lowest BCUT2D eigenvalue weighted by Crippen LogP contribution is -2.48. The van der Waals surface area contributed by atoms with Gasteiger partial charge in [-0.05, 0) is 51.9 Å². The van der Waals surface area contributed by atoms with Gasteiger partial charge in [0.25, 0.3) is 0 Å². The van der Waals surface area contributed by atoms with Gasteiger partial charge in [0, 0.05) is 78.3 Å². The lowest BCUT2D eigenvalue weighted by molar-refractivity contribution is -0.122. The molecule has 0 radical (unpaired) electrons. The first-order valence-corrected chi connectivity index (χ1v) is 35.9. The summed E-state index contributed by atoms with van der Waals surface area (Å²) in [7, 11) is 0. The smallest absolute Gasteiger partial charge is 0.221 e. The second-order valence-electron chi connectivity index (χ2n) is 25.1. The number of nitrogens with zero attached hydrogens (tertiary/aromatic N) is 4. The summed E-state index contributed by atoms with van der Waals surface area (Å²) < 4.78 is 0. The standard InChI is InChI=1S/C70H142N6O2/c1-5-9-13-17-21-25-29-33-37-41-45-49-57-73(58-50-46-42-38-34-30-26-22-18-14-10-6-2)63-55-71-69(77)53-61-75-65-67-76(68-66-75)62-54-70(78)72-56-64-74(59-51-47-43-39-35-31-27-23-19-15-11-7-3)60-52-48-44-40-36-32-28-24-20-16-12-8-4/h5-68H2,1-4H3,(H,71,77)(H,72,78). The van der Waals surface area contributed by atoms with Crippen molar-refractivity contribution in [3.63, 3.8) is 0 Å². The molecule has 0 bridgehead atoms. The van der Waals surface area contributed by atoms with Crippen molar-refractivity contribution in [2.75, 3.05) is 91.6 Å². The number of hydrogen-bond donors (Lipinski definition) is 2. The molecule has 8 heteroatoms. The first-order chi connectivity index (χ1) is 38.5. The number of rotatable bonds is 64. The van der Waals surface area contributed by atoms with E-state index in [1.165, 1.54) is 334 Å². The number of unbranched alkanes of at least 4 members (excludes halogenated alkanes) is 44. The molecule has 0 aromatic rings. The van der Waals surface area contributed by atoms with Crippen LogP contribution in [-0.4, -0.2) is 123 Å². The fourth-order valence-electron chi connectivity index (χ4n) is 12.0. The van der Waals surface area contributed by atoms with Crippen LogP contribution in [0, 0.1) is 0 Å². The van der Waals surface area contributed by atoms with Gasteiger partial charge in [0.05, 0.1) is 0 Å². The van der Waals surface area contributed by atoms with Gasteiger partial charge < -0.3 is 30.2 Å². The molecule has 0 aromatic carbocycles. The molecular weight excluding hydrogens is 957 g/mol. The zero-order valence-corrected chi connectivity index (χ0v) is 53.9. The summed E-state index contributed by atoms with van der Waals surface area (Å²) in [6, 6.07) is 0. The predicted molar refractivity (Wildman–Crippen MR) is 345 cm³/mol. The Kier molecular flexibility index (Phi) is 59.3. The number of nitrogens with one attached hydrogen (secondary N) is 2. The highest BCUT2D eigenvalue weighted by molar-refractivity contribution is 5.76. The molecule has 464 valence electrons. The summed E-state index contributed by atoms with van der Waals surface area (Å²) in [4.78, 5) is 36.3. The van der Waals surface area contributed by atoms with Crippen molar-refractivity contribution in [1.82, 2.24) is 30.2 Å². The number of piperazine rings is 1. The highest BCUT2D eigenvalue weighted by Crippen LogP contribution is 2.17. The first-order valence-electron chi connectivity index (χ1n) is 35.9. The van der Waals surface area contributed by atoms with Crippen molar-refractivity contribution in [2.24, 2.45) is 0 Å². The fraction of sp³-hybridized carbons (Fsp3) is 0.971. The van der Waals surface area contributed by atoms with E-state index in [9.17, 15) is 9.59 Å². The molecule has 1 aliphatic heterocycles. The van der Waals surface area contributed by atoms with Gasteiger partial charge in [0.15, 0.2) is 0 Å². The number of amides is 2. The van der Waals surface area contributed by atoms with Crippen LogP contribution in [0.2, 0.25) is 0 Å². The topological polar surface area (TPSA) is 71.2 Å². The maximum absolute atomic E-state index is 13.1. The molecule has 0 aliphatic carbocycles. The van der Waals surface area contributed by atoms with Crippen LogP contribution in [0.1, 0.15) is 349 Å². The molecule has 1 fully saturated rings. The predicted octanol–water partition coefficient (Wildman–Crippen LogP) is 19.0. The zero-order chi connectivity index (χ0) is 56.1. The van der Waals surface area contributed by atoms with E-state index in [4.69, 9.17) is 0 Å². The minimum atomic E-state index is 0.200. The summed E-state index contributed by atoms with van der Waals surface area (Å²) in [5.41, 5.74) is 0. The van der Waals surface area contributed by atoms with E-state index in [1.807, 2.05) is 0 Å². The maximum Gasteiger partial charge on any atom is 0.221 e. The van der Waals surface area contributed by atoms with Crippen LogP contribution < -0.4 is 10.6 Å². The van der Waals surface area contributed by atoms with Crippen LogP contribution >= 0.6 is 0 Å². The van der Waals surface area contributed by atoms with Gasteiger partial charge in [-0.25, -0.2) is 0 Å². The fourth-order valence-corrected chi connectivity index (χ4v) is 12.0. The first kappa shape index (κ1) is 74.8. The Morgan fingerprint density at radius 3 is 0.641 bits per heavy atom. The minimum Gasteiger partial charge on any atom is -0.355 e. The molecule has 1 rings (SSSR count). The van der Waals surface area contributed by atoms with Crippen LogP contribution in [0.15, 0.2) is 0 Å². The quantitative estimate of drug-likeness (QED) is 0.0592. The van der Waals surface area contributed by atoms with Gasteiger partial charge in [0.2, 0.25) is 11.8 Å². The van der Waals surface area contributed by atoms with Gasteiger partial charge in [-0.2, -0.15) is 0 Å². The monoisotopic (exact) mass is 1100 g/mol. The highest BCUT2D eigenvalue weighted by atomic mass is 16.2. The van der Waals surface area contributed by atoms with Crippen LogP contribution in [0.5, 0.6) is 0 Å². The highest BCUT2D eigenvalue weighted by Gasteiger charge is 2.19. The summed E-state index contributed by atoms with van der Waals surface area (Å²) in [6.07, 6.45) is 68.0. The molecule has 2 N–H and O–H groups in total. The van der Waals surface area contributed by atoms with E-state index >= 15 is 0 Å². The second kappa shape index (κ2) is 61.8. The molecule has 0 aromatic heterocycles. The molecule has 0 atom stereocenters. The molecule has 8 nitrogen and oxygen atoms in total. The van der Waals surface area contributed by atoms with Crippen LogP contribution in [0.25, 0.3) is 0 Å². The van der Waals surface area contributed by atoms with Crippen LogP contribution in [-0.2, 0) is 9.59 Å². The molecular formula is C70H142N6O2. The summed E-state index contributed by atoms with van der Waals surface area (Å²) in [5, 5.41) is 6.60. The van der Waals surface area contributed by atoms with Crippen molar-refractivity contribution < 1.29 is 9.59 Å². The third-order valence-electron chi connectivity index (χ3n) is 17.6. The Labute approximate surface area is 489 Å². The molecule has 78 heavy (non-hydrogen) atoms. The Hall–Kier alpha value is -1.22. The molecule has 2 amide bonds. The third-order valence-corrected chi connectivity index (χ3v) is 17.6. The molecule has 1 heterocycles. The second-order valence-corrected chi connectivity index (χ2v) is 25.1. The van der Waals surface area contributed by atoms with Crippen LogP contribution in [0.3, 0.4) is 0 Å². The molecule has 1 aliphatic rings. The van der Waals surface area contributed by atoms with Crippen LogP contribution in [0.4, 0.5) is 0 Å². The Morgan fingerprint density at radius 1 is 0.269 bits per heavy atom.